The average molecular weight is 314 g/mol. The quantitative estimate of drug-likeness (QED) is 0.908. The van der Waals surface area contributed by atoms with Crippen molar-refractivity contribution in [2.24, 2.45) is 0 Å². The normalized spacial score (nSPS) is 16.7. The van der Waals surface area contributed by atoms with Crippen molar-refractivity contribution in [1.29, 1.82) is 0 Å². The van der Waals surface area contributed by atoms with Crippen LogP contribution in [0.15, 0.2) is 22.7 Å². The zero-order valence-electron chi connectivity index (χ0n) is 10.4. The number of nitrogens with zero attached hydrogens (tertiary/aromatic N) is 1. The largest absolute Gasteiger partial charge is 0.496 e. The summed E-state index contributed by atoms with van der Waals surface area (Å²) in [4.78, 5) is 13.4. The fourth-order valence-electron chi connectivity index (χ4n) is 2.14. The Morgan fingerprint density at radius 2 is 2.22 bits per heavy atom. The Kier molecular flexibility index (Phi) is 3.92. The number of aliphatic carboxylic acids is 1. The summed E-state index contributed by atoms with van der Waals surface area (Å²) in [7, 11) is 3.42. The van der Waals surface area contributed by atoms with Crippen molar-refractivity contribution in [1.82, 2.24) is 4.90 Å². The van der Waals surface area contributed by atoms with Crippen LogP contribution < -0.4 is 4.74 Å². The van der Waals surface area contributed by atoms with Gasteiger partial charge in [0.15, 0.2) is 0 Å². The van der Waals surface area contributed by atoms with Crippen LogP contribution in [0.5, 0.6) is 5.75 Å². The molecule has 1 N–H and O–H groups in total. The number of rotatable bonds is 5. The summed E-state index contributed by atoms with van der Waals surface area (Å²) in [6.45, 7) is 0. The summed E-state index contributed by atoms with van der Waals surface area (Å²) < 4.78 is 6.13. The van der Waals surface area contributed by atoms with Crippen LogP contribution in [0, 0.1) is 0 Å². The minimum Gasteiger partial charge on any atom is -0.496 e. The molecule has 0 radical (unpaired) electrons. The van der Waals surface area contributed by atoms with E-state index in [1.165, 1.54) is 0 Å². The van der Waals surface area contributed by atoms with Gasteiger partial charge in [0.2, 0.25) is 0 Å². The zero-order chi connectivity index (χ0) is 13.3. The number of carboxylic acids is 1. The number of benzene rings is 1. The van der Waals surface area contributed by atoms with Crippen LogP contribution >= 0.6 is 15.9 Å². The molecule has 1 saturated carbocycles. The lowest BCUT2D eigenvalue weighted by atomic mass is 10.0. The van der Waals surface area contributed by atoms with Gasteiger partial charge in [0.05, 0.1) is 7.11 Å². The van der Waals surface area contributed by atoms with Crippen LogP contribution in [0.2, 0.25) is 0 Å². The standard InChI is InChI=1S/C13H16BrNO3/c1-15(9-4-5-9)12(13(16)17)10-7-8(14)3-6-11(10)18-2/h3,6-7,9,12H,4-5H2,1-2H3,(H,16,17). The van der Waals surface area contributed by atoms with Gasteiger partial charge in [-0.2, -0.15) is 0 Å². The predicted molar refractivity (Wildman–Crippen MR) is 71.9 cm³/mol. The molecule has 1 atom stereocenters. The van der Waals surface area contributed by atoms with Crippen LogP contribution in [0.4, 0.5) is 0 Å². The number of hydrogen-bond donors (Lipinski definition) is 1. The summed E-state index contributed by atoms with van der Waals surface area (Å²) in [5.74, 6) is -0.237. The highest BCUT2D eigenvalue weighted by molar-refractivity contribution is 9.10. The Balaban J connectivity index is 2.40. The first-order valence-corrected chi connectivity index (χ1v) is 6.62. The molecule has 18 heavy (non-hydrogen) atoms. The van der Waals surface area contributed by atoms with Gasteiger partial charge in [-0.3, -0.25) is 9.69 Å². The van der Waals surface area contributed by atoms with Crippen molar-refractivity contribution in [3.05, 3.63) is 28.2 Å². The van der Waals surface area contributed by atoms with Gasteiger partial charge in [-0.1, -0.05) is 15.9 Å². The molecule has 1 aromatic rings. The smallest absolute Gasteiger partial charge is 0.325 e. The number of ether oxygens (including phenoxy) is 1. The first kappa shape index (κ1) is 13.4. The maximum Gasteiger partial charge on any atom is 0.325 e. The maximum absolute atomic E-state index is 11.5. The lowest BCUT2D eigenvalue weighted by molar-refractivity contribution is -0.143. The van der Waals surface area contributed by atoms with Crippen molar-refractivity contribution in [2.45, 2.75) is 24.9 Å². The second kappa shape index (κ2) is 5.28. The molecule has 0 spiro atoms. The highest BCUT2D eigenvalue weighted by Gasteiger charge is 2.37. The minimum absolute atomic E-state index is 0.370. The topological polar surface area (TPSA) is 49.8 Å². The molecular weight excluding hydrogens is 298 g/mol. The van der Waals surface area contributed by atoms with E-state index in [9.17, 15) is 9.90 Å². The molecule has 2 rings (SSSR count). The van der Waals surface area contributed by atoms with Gasteiger partial charge in [0.1, 0.15) is 11.8 Å². The summed E-state index contributed by atoms with van der Waals surface area (Å²) in [5, 5.41) is 9.47. The summed E-state index contributed by atoms with van der Waals surface area (Å²) in [6.07, 6.45) is 2.13. The molecule has 0 aliphatic heterocycles. The van der Waals surface area contributed by atoms with Crippen molar-refractivity contribution in [3.8, 4) is 5.75 Å². The van der Waals surface area contributed by atoms with E-state index in [1.807, 2.05) is 24.1 Å². The van der Waals surface area contributed by atoms with E-state index in [0.717, 1.165) is 17.3 Å². The summed E-state index contributed by atoms with van der Waals surface area (Å²) in [5.41, 5.74) is 0.689. The number of carbonyl (C=O) groups is 1. The molecule has 0 amide bonds. The second-order valence-corrected chi connectivity index (χ2v) is 5.44. The van der Waals surface area contributed by atoms with Gasteiger partial charge in [-0.15, -0.1) is 0 Å². The third-order valence-electron chi connectivity index (χ3n) is 3.25. The van der Waals surface area contributed by atoms with Crippen LogP contribution in [0.3, 0.4) is 0 Å². The molecule has 0 bridgehead atoms. The molecule has 1 aliphatic rings. The molecule has 5 heteroatoms. The Hall–Kier alpha value is -1.07. The third-order valence-corrected chi connectivity index (χ3v) is 3.74. The molecular formula is C13H16BrNO3. The number of methoxy groups -OCH3 is 1. The number of likely N-dealkylation sites (N-methyl/N-ethyl adjacent to an activating group) is 1. The molecule has 0 saturated heterocycles. The molecule has 1 fully saturated rings. The first-order valence-electron chi connectivity index (χ1n) is 5.82. The Morgan fingerprint density at radius 1 is 1.56 bits per heavy atom. The van der Waals surface area contributed by atoms with E-state index < -0.39 is 12.0 Å². The molecule has 0 heterocycles. The van der Waals surface area contributed by atoms with E-state index >= 15 is 0 Å². The van der Waals surface area contributed by atoms with Gasteiger partial charge < -0.3 is 9.84 Å². The number of halogens is 1. The summed E-state index contributed by atoms with van der Waals surface area (Å²) >= 11 is 3.38. The monoisotopic (exact) mass is 313 g/mol. The average Bonchev–Trinajstić information content (AvgIpc) is 3.12. The second-order valence-electron chi connectivity index (χ2n) is 4.52. The van der Waals surface area contributed by atoms with E-state index in [0.29, 0.717) is 17.4 Å². The Labute approximate surface area is 115 Å². The third kappa shape index (κ3) is 2.67. The van der Waals surface area contributed by atoms with Crippen molar-refractivity contribution >= 4 is 21.9 Å². The lowest BCUT2D eigenvalue weighted by Crippen LogP contribution is -2.32. The SMILES string of the molecule is COc1ccc(Br)cc1C(C(=O)O)N(C)C1CC1. The van der Waals surface area contributed by atoms with E-state index in [4.69, 9.17) is 4.74 Å². The Bertz CT molecular complexity index is 460. The van der Waals surface area contributed by atoms with E-state index in [1.54, 1.807) is 13.2 Å². The van der Waals surface area contributed by atoms with Crippen LogP contribution in [-0.4, -0.2) is 36.2 Å². The minimum atomic E-state index is -0.846. The van der Waals surface area contributed by atoms with Crippen LogP contribution in [0.25, 0.3) is 0 Å². The van der Waals surface area contributed by atoms with Gasteiger partial charge in [-0.25, -0.2) is 0 Å². The number of carboxylic acid groups (broad SMARTS) is 1. The molecule has 0 aromatic heterocycles. The highest BCUT2D eigenvalue weighted by atomic mass is 79.9. The lowest BCUT2D eigenvalue weighted by Gasteiger charge is -2.26. The van der Waals surface area contributed by atoms with Crippen molar-refractivity contribution < 1.29 is 14.6 Å². The van der Waals surface area contributed by atoms with E-state index in [2.05, 4.69) is 15.9 Å². The molecule has 98 valence electrons. The van der Waals surface area contributed by atoms with Crippen LogP contribution in [-0.2, 0) is 4.79 Å². The molecule has 1 unspecified atom stereocenters. The summed E-state index contributed by atoms with van der Waals surface area (Å²) in [6, 6.07) is 5.16. The van der Waals surface area contributed by atoms with Crippen molar-refractivity contribution in [2.75, 3.05) is 14.2 Å². The van der Waals surface area contributed by atoms with Gasteiger partial charge >= 0.3 is 5.97 Å². The molecule has 4 nitrogen and oxygen atoms in total. The molecule has 1 aliphatic carbocycles. The Morgan fingerprint density at radius 3 is 2.72 bits per heavy atom. The van der Waals surface area contributed by atoms with Crippen molar-refractivity contribution in [3.63, 3.8) is 0 Å². The van der Waals surface area contributed by atoms with E-state index in [-0.39, 0.29) is 0 Å². The highest BCUT2D eigenvalue weighted by Crippen LogP contribution is 2.37. The number of hydrogen-bond acceptors (Lipinski definition) is 3. The molecule has 1 aromatic carbocycles. The van der Waals surface area contributed by atoms with Gasteiger partial charge in [0, 0.05) is 16.1 Å². The zero-order valence-corrected chi connectivity index (χ0v) is 12.0. The van der Waals surface area contributed by atoms with Gasteiger partial charge in [-0.05, 0) is 38.1 Å². The fourth-order valence-corrected chi connectivity index (χ4v) is 2.52. The predicted octanol–water partition coefficient (Wildman–Crippen LogP) is 2.68. The maximum atomic E-state index is 11.5. The van der Waals surface area contributed by atoms with Gasteiger partial charge in [0.25, 0.3) is 0 Å². The first-order chi connectivity index (χ1) is 8.54. The fraction of sp³-hybridized carbons (Fsp3) is 0.462. The van der Waals surface area contributed by atoms with Crippen LogP contribution in [0.1, 0.15) is 24.4 Å².